The van der Waals surface area contributed by atoms with Gasteiger partial charge in [-0.3, -0.25) is 9.44 Å². The Morgan fingerprint density at radius 2 is 1.33 bits per heavy atom. The van der Waals surface area contributed by atoms with Gasteiger partial charge in [0.05, 0.1) is 22.5 Å². The number of rotatable bonds is 5. The van der Waals surface area contributed by atoms with Crippen molar-refractivity contribution in [1.29, 1.82) is 0 Å². The third-order valence-corrected chi connectivity index (χ3v) is 4.48. The second-order valence-electron chi connectivity index (χ2n) is 4.37. The SMILES string of the molecule is CS(=O)(=O)Nc1cccc(NS(=O)(=O)c2ccccc2)c1. The number of benzene rings is 2. The maximum absolute atomic E-state index is 12.1. The minimum absolute atomic E-state index is 0.131. The minimum Gasteiger partial charge on any atom is -0.284 e. The van der Waals surface area contributed by atoms with E-state index in [2.05, 4.69) is 9.44 Å². The predicted molar refractivity (Wildman–Crippen MR) is 82.2 cm³/mol. The average Bonchev–Trinajstić information content (AvgIpc) is 2.37. The third-order valence-electron chi connectivity index (χ3n) is 2.47. The summed E-state index contributed by atoms with van der Waals surface area (Å²) in [7, 11) is -7.12. The lowest BCUT2D eigenvalue weighted by Gasteiger charge is -2.10. The summed E-state index contributed by atoms with van der Waals surface area (Å²) in [4.78, 5) is 0.131. The van der Waals surface area contributed by atoms with Crippen LogP contribution in [-0.4, -0.2) is 23.1 Å². The number of hydrogen-bond donors (Lipinski definition) is 2. The van der Waals surface area contributed by atoms with Crippen molar-refractivity contribution < 1.29 is 16.8 Å². The van der Waals surface area contributed by atoms with Crippen LogP contribution in [0.1, 0.15) is 0 Å². The van der Waals surface area contributed by atoms with Crippen molar-refractivity contribution >= 4 is 31.4 Å². The van der Waals surface area contributed by atoms with Gasteiger partial charge in [0.1, 0.15) is 0 Å². The summed E-state index contributed by atoms with van der Waals surface area (Å²) in [5.41, 5.74) is 0.554. The van der Waals surface area contributed by atoms with Crippen molar-refractivity contribution in [3.05, 3.63) is 54.6 Å². The first kappa shape index (κ1) is 15.3. The molecule has 0 fully saturated rings. The van der Waals surface area contributed by atoms with Crippen molar-refractivity contribution in [2.45, 2.75) is 4.90 Å². The van der Waals surface area contributed by atoms with E-state index in [9.17, 15) is 16.8 Å². The molecule has 2 N–H and O–H groups in total. The highest BCUT2D eigenvalue weighted by Gasteiger charge is 2.13. The molecule has 8 heteroatoms. The van der Waals surface area contributed by atoms with Crippen LogP contribution in [0.25, 0.3) is 0 Å². The van der Waals surface area contributed by atoms with E-state index in [1.54, 1.807) is 24.3 Å². The van der Waals surface area contributed by atoms with Gasteiger partial charge in [0.25, 0.3) is 10.0 Å². The lowest BCUT2D eigenvalue weighted by atomic mass is 10.3. The van der Waals surface area contributed by atoms with Crippen molar-refractivity contribution in [2.24, 2.45) is 0 Å². The third kappa shape index (κ3) is 4.47. The zero-order valence-electron chi connectivity index (χ0n) is 11.1. The van der Waals surface area contributed by atoms with Gasteiger partial charge in [-0.05, 0) is 30.3 Å². The summed E-state index contributed by atoms with van der Waals surface area (Å²) < 4.78 is 51.3. The van der Waals surface area contributed by atoms with Gasteiger partial charge >= 0.3 is 0 Å². The number of anilines is 2. The number of hydrogen-bond acceptors (Lipinski definition) is 4. The zero-order chi connectivity index (χ0) is 15.5. The fourth-order valence-corrected chi connectivity index (χ4v) is 3.30. The Morgan fingerprint density at radius 1 is 0.762 bits per heavy atom. The first-order valence-electron chi connectivity index (χ1n) is 5.92. The van der Waals surface area contributed by atoms with E-state index in [1.807, 2.05) is 0 Å². The normalized spacial score (nSPS) is 11.9. The van der Waals surface area contributed by atoms with E-state index in [0.717, 1.165) is 6.26 Å². The highest BCUT2D eigenvalue weighted by molar-refractivity contribution is 7.92. The Kier molecular flexibility index (Phi) is 4.19. The van der Waals surface area contributed by atoms with Gasteiger partial charge in [-0.15, -0.1) is 0 Å². The van der Waals surface area contributed by atoms with E-state index >= 15 is 0 Å². The Hall–Kier alpha value is -2.06. The summed E-state index contributed by atoms with van der Waals surface area (Å²) in [6.07, 6.45) is 1.02. The highest BCUT2D eigenvalue weighted by atomic mass is 32.2. The second kappa shape index (κ2) is 5.74. The minimum atomic E-state index is -3.70. The van der Waals surface area contributed by atoms with Crippen molar-refractivity contribution in [2.75, 3.05) is 15.7 Å². The topological polar surface area (TPSA) is 92.3 Å². The second-order valence-corrected chi connectivity index (χ2v) is 7.80. The van der Waals surface area contributed by atoms with E-state index < -0.39 is 20.0 Å². The van der Waals surface area contributed by atoms with E-state index in [-0.39, 0.29) is 16.3 Å². The van der Waals surface area contributed by atoms with Gasteiger partial charge < -0.3 is 0 Å². The summed E-state index contributed by atoms with van der Waals surface area (Å²) in [5.74, 6) is 0. The molecular weight excluding hydrogens is 312 g/mol. The van der Waals surface area contributed by atoms with Gasteiger partial charge in [-0.25, -0.2) is 16.8 Å². The molecule has 2 rings (SSSR count). The van der Waals surface area contributed by atoms with Crippen LogP contribution in [-0.2, 0) is 20.0 Å². The molecule has 0 saturated carbocycles. The maximum atomic E-state index is 12.1. The fraction of sp³-hybridized carbons (Fsp3) is 0.0769. The van der Waals surface area contributed by atoms with E-state index in [4.69, 9.17) is 0 Å². The Morgan fingerprint density at radius 3 is 1.90 bits per heavy atom. The Balaban J connectivity index is 2.26. The van der Waals surface area contributed by atoms with Crippen LogP contribution in [0, 0.1) is 0 Å². The monoisotopic (exact) mass is 326 g/mol. The number of nitrogens with one attached hydrogen (secondary N) is 2. The molecule has 0 aliphatic rings. The average molecular weight is 326 g/mol. The molecule has 0 spiro atoms. The summed E-state index contributed by atoms with van der Waals surface area (Å²) in [6.45, 7) is 0. The highest BCUT2D eigenvalue weighted by Crippen LogP contribution is 2.19. The summed E-state index contributed by atoms with van der Waals surface area (Å²) in [5, 5.41) is 0. The van der Waals surface area contributed by atoms with Gasteiger partial charge in [-0.1, -0.05) is 24.3 Å². The quantitative estimate of drug-likeness (QED) is 0.877. The molecule has 112 valence electrons. The molecule has 0 unspecified atom stereocenters. The molecule has 0 amide bonds. The first-order valence-corrected chi connectivity index (χ1v) is 9.29. The van der Waals surface area contributed by atoms with Crippen LogP contribution in [0.3, 0.4) is 0 Å². The Labute approximate surface area is 123 Å². The largest absolute Gasteiger partial charge is 0.284 e. The molecule has 2 aromatic carbocycles. The molecule has 0 aliphatic heterocycles. The molecule has 21 heavy (non-hydrogen) atoms. The fourth-order valence-electron chi connectivity index (χ4n) is 1.67. The molecule has 0 bridgehead atoms. The van der Waals surface area contributed by atoms with Crippen LogP contribution in [0.2, 0.25) is 0 Å². The smallest absolute Gasteiger partial charge is 0.261 e. The zero-order valence-corrected chi connectivity index (χ0v) is 12.8. The van der Waals surface area contributed by atoms with Crippen molar-refractivity contribution in [1.82, 2.24) is 0 Å². The van der Waals surface area contributed by atoms with Gasteiger partial charge in [0.2, 0.25) is 10.0 Å². The molecule has 6 nitrogen and oxygen atoms in total. The van der Waals surface area contributed by atoms with Crippen LogP contribution in [0.15, 0.2) is 59.5 Å². The Bertz CT molecular complexity index is 831. The summed E-state index contributed by atoms with van der Waals surface area (Å²) in [6, 6.07) is 13.9. The molecule has 2 aromatic rings. The molecular formula is C13H14N2O4S2. The van der Waals surface area contributed by atoms with Crippen LogP contribution in [0.4, 0.5) is 11.4 Å². The standard InChI is InChI=1S/C13H14N2O4S2/c1-20(16,17)14-11-6-5-7-12(10-11)15-21(18,19)13-8-3-2-4-9-13/h2-10,14-15H,1H3. The molecule has 0 saturated heterocycles. The molecule has 0 heterocycles. The predicted octanol–water partition coefficient (Wildman–Crippen LogP) is 1.86. The molecule has 0 aromatic heterocycles. The van der Waals surface area contributed by atoms with E-state index in [0.29, 0.717) is 0 Å². The lowest BCUT2D eigenvalue weighted by Crippen LogP contribution is -2.13. The van der Waals surface area contributed by atoms with Crippen LogP contribution in [0.5, 0.6) is 0 Å². The van der Waals surface area contributed by atoms with Crippen molar-refractivity contribution in [3.63, 3.8) is 0 Å². The van der Waals surface area contributed by atoms with Crippen LogP contribution < -0.4 is 9.44 Å². The number of sulfonamides is 2. The lowest BCUT2D eigenvalue weighted by molar-refractivity contribution is 0.601. The van der Waals surface area contributed by atoms with E-state index in [1.165, 1.54) is 30.3 Å². The van der Waals surface area contributed by atoms with Gasteiger partial charge in [0, 0.05) is 0 Å². The van der Waals surface area contributed by atoms with Gasteiger partial charge in [0.15, 0.2) is 0 Å². The molecule has 0 radical (unpaired) electrons. The van der Waals surface area contributed by atoms with Gasteiger partial charge in [-0.2, -0.15) is 0 Å². The molecule has 0 atom stereocenters. The maximum Gasteiger partial charge on any atom is 0.261 e. The van der Waals surface area contributed by atoms with Crippen LogP contribution >= 0.6 is 0 Å². The first-order chi connectivity index (χ1) is 9.76. The molecule has 0 aliphatic carbocycles. The summed E-state index contributed by atoms with van der Waals surface area (Å²) >= 11 is 0. The van der Waals surface area contributed by atoms with Crippen molar-refractivity contribution in [3.8, 4) is 0 Å².